The first-order valence-electron chi connectivity index (χ1n) is 10.1. The number of anilines is 1. The van der Waals surface area contributed by atoms with Crippen LogP contribution in [-0.2, 0) is 13.2 Å². The number of aromatic nitrogens is 2. The molecule has 4 aromatic rings. The highest BCUT2D eigenvalue weighted by atomic mass is 16.5. The van der Waals surface area contributed by atoms with Crippen molar-refractivity contribution in [2.75, 3.05) is 5.32 Å². The van der Waals surface area contributed by atoms with Gasteiger partial charge in [-0.3, -0.25) is 4.98 Å². The number of nitrogens with one attached hydrogen (secondary N) is 2. The normalized spacial score (nSPS) is 10.2. The lowest BCUT2D eigenvalue weighted by atomic mass is 10.2. The number of carbonyl (C=O) groups is 1. The molecule has 2 N–H and O–H groups in total. The van der Waals surface area contributed by atoms with Crippen LogP contribution in [0.2, 0.25) is 0 Å². The minimum Gasteiger partial charge on any atom is -0.473 e. The molecule has 0 aliphatic heterocycles. The summed E-state index contributed by atoms with van der Waals surface area (Å²) in [5.74, 6) is 1.79. The maximum Gasteiger partial charge on any atom is 0.319 e. The molecule has 0 aliphatic rings. The summed E-state index contributed by atoms with van der Waals surface area (Å²) in [7, 11) is 0. The third-order valence-corrected chi connectivity index (χ3v) is 4.46. The summed E-state index contributed by atoms with van der Waals surface area (Å²) in [4.78, 5) is 20.5. The number of amides is 2. The van der Waals surface area contributed by atoms with Crippen LogP contribution in [0.4, 0.5) is 10.5 Å². The molecule has 0 fully saturated rings. The lowest BCUT2D eigenvalue weighted by Gasteiger charge is -2.11. The lowest BCUT2D eigenvalue weighted by Crippen LogP contribution is -2.28. The predicted octanol–water partition coefficient (Wildman–Crippen LogP) is 5.17. The Morgan fingerprint density at radius 2 is 1.66 bits per heavy atom. The molecule has 0 unspecified atom stereocenters. The van der Waals surface area contributed by atoms with Crippen molar-refractivity contribution in [2.45, 2.75) is 13.2 Å². The molecule has 7 nitrogen and oxygen atoms in total. The Morgan fingerprint density at radius 3 is 2.50 bits per heavy atom. The molecule has 2 heterocycles. The van der Waals surface area contributed by atoms with Crippen LogP contribution >= 0.6 is 0 Å². The van der Waals surface area contributed by atoms with Gasteiger partial charge in [0.15, 0.2) is 0 Å². The number of nitrogens with zero attached hydrogens (tertiary/aromatic N) is 2. The summed E-state index contributed by atoms with van der Waals surface area (Å²) in [5, 5.41) is 5.65. The topological polar surface area (TPSA) is 85.4 Å². The van der Waals surface area contributed by atoms with E-state index in [1.165, 1.54) is 0 Å². The summed E-state index contributed by atoms with van der Waals surface area (Å²) < 4.78 is 11.5. The third kappa shape index (κ3) is 6.30. The highest BCUT2D eigenvalue weighted by Gasteiger charge is 2.05. The maximum atomic E-state index is 12.3. The number of pyridine rings is 2. The molecule has 7 heteroatoms. The van der Waals surface area contributed by atoms with E-state index in [9.17, 15) is 4.79 Å². The smallest absolute Gasteiger partial charge is 0.319 e. The van der Waals surface area contributed by atoms with Gasteiger partial charge in [0.2, 0.25) is 5.88 Å². The van der Waals surface area contributed by atoms with E-state index in [4.69, 9.17) is 9.47 Å². The van der Waals surface area contributed by atoms with Gasteiger partial charge in [0, 0.05) is 43.0 Å². The number of carbonyl (C=O) groups excluding carboxylic acids is 1. The van der Waals surface area contributed by atoms with Crippen LogP contribution in [0.3, 0.4) is 0 Å². The zero-order chi connectivity index (χ0) is 22.0. The summed E-state index contributed by atoms with van der Waals surface area (Å²) in [6, 6.07) is 23.9. The Labute approximate surface area is 186 Å². The molecule has 0 aliphatic carbocycles. The maximum absolute atomic E-state index is 12.3. The molecule has 0 spiro atoms. The molecule has 0 radical (unpaired) electrons. The van der Waals surface area contributed by atoms with Crippen molar-refractivity contribution < 1.29 is 14.3 Å². The van der Waals surface area contributed by atoms with Gasteiger partial charge in [0.1, 0.15) is 18.1 Å². The molecule has 0 saturated carbocycles. The number of urea groups is 1. The monoisotopic (exact) mass is 426 g/mol. The predicted molar refractivity (Wildman–Crippen MR) is 122 cm³/mol. The Morgan fingerprint density at radius 1 is 0.812 bits per heavy atom. The SMILES string of the molecule is O=C(NCc1ccnc(OCc2ccccc2)c1)Nc1cccc(Oc2ccncc2)c1. The minimum absolute atomic E-state index is 0.324. The fraction of sp³-hybridized carbons (Fsp3) is 0.0800. The summed E-state index contributed by atoms with van der Waals surface area (Å²) in [6.07, 6.45) is 4.97. The van der Waals surface area contributed by atoms with Crippen LogP contribution in [0, 0.1) is 0 Å². The molecule has 2 aromatic carbocycles. The Bertz CT molecular complexity index is 1150. The van der Waals surface area contributed by atoms with E-state index in [0.717, 1.165) is 11.1 Å². The number of hydrogen-bond acceptors (Lipinski definition) is 5. The van der Waals surface area contributed by atoms with Gasteiger partial charge < -0.3 is 20.1 Å². The largest absolute Gasteiger partial charge is 0.473 e. The second-order valence-corrected chi connectivity index (χ2v) is 6.90. The lowest BCUT2D eigenvalue weighted by molar-refractivity contribution is 0.251. The van der Waals surface area contributed by atoms with Crippen LogP contribution < -0.4 is 20.1 Å². The highest BCUT2D eigenvalue weighted by Crippen LogP contribution is 2.23. The van der Waals surface area contributed by atoms with E-state index in [-0.39, 0.29) is 6.03 Å². The fourth-order valence-corrected chi connectivity index (χ4v) is 2.91. The van der Waals surface area contributed by atoms with Crippen LogP contribution in [0.5, 0.6) is 17.4 Å². The molecule has 2 aromatic heterocycles. The quantitative estimate of drug-likeness (QED) is 0.406. The van der Waals surface area contributed by atoms with Gasteiger partial charge in [-0.2, -0.15) is 0 Å². The highest BCUT2D eigenvalue weighted by molar-refractivity contribution is 5.89. The number of ether oxygens (including phenoxy) is 2. The zero-order valence-corrected chi connectivity index (χ0v) is 17.3. The molecule has 2 amide bonds. The van der Waals surface area contributed by atoms with E-state index in [1.54, 1.807) is 42.9 Å². The van der Waals surface area contributed by atoms with Crippen molar-refractivity contribution in [2.24, 2.45) is 0 Å². The van der Waals surface area contributed by atoms with Gasteiger partial charge >= 0.3 is 6.03 Å². The first-order chi connectivity index (χ1) is 15.7. The van der Waals surface area contributed by atoms with Gasteiger partial charge in [-0.1, -0.05) is 36.4 Å². The van der Waals surface area contributed by atoms with E-state index in [2.05, 4.69) is 20.6 Å². The van der Waals surface area contributed by atoms with Gasteiger partial charge in [-0.05, 0) is 41.5 Å². The van der Waals surface area contributed by atoms with Crippen molar-refractivity contribution in [3.05, 3.63) is 109 Å². The third-order valence-electron chi connectivity index (χ3n) is 4.46. The number of hydrogen-bond donors (Lipinski definition) is 2. The number of benzene rings is 2. The van der Waals surface area contributed by atoms with E-state index >= 15 is 0 Å². The summed E-state index contributed by atoms with van der Waals surface area (Å²) in [5.41, 5.74) is 2.57. The van der Waals surface area contributed by atoms with E-state index in [1.807, 2.05) is 54.6 Å². The first kappa shape index (κ1) is 20.9. The molecule has 32 heavy (non-hydrogen) atoms. The van der Waals surface area contributed by atoms with E-state index in [0.29, 0.717) is 36.2 Å². The average molecular weight is 426 g/mol. The van der Waals surface area contributed by atoms with Gasteiger partial charge in [0.05, 0.1) is 0 Å². The molecule has 160 valence electrons. The van der Waals surface area contributed by atoms with Gasteiger partial charge in [0.25, 0.3) is 0 Å². The van der Waals surface area contributed by atoms with Crippen molar-refractivity contribution in [1.29, 1.82) is 0 Å². The Kier molecular flexibility index (Phi) is 6.90. The second kappa shape index (κ2) is 10.6. The molecule has 0 atom stereocenters. The zero-order valence-electron chi connectivity index (χ0n) is 17.3. The average Bonchev–Trinajstić information content (AvgIpc) is 2.83. The molecular formula is C25H22N4O3. The van der Waals surface area contributed by atoms with Crippen molar-refractivity contribution >= 4 is 11.7 Å². The van der Waals surface area contributed by atoms with Crippen LogP contribution in [0.25, 0.3) is 0 Å². The van der Waals surface area contributed by atoms with Crippen LogP contribution in [0.15, 0.2) is 97.5 Å². The standard InChI is InChI=1S/C25H22N4O3/c30-25(29-21-7-4-8-23(16-21)32-22-10-12-26-13-11-22)28-17-20-9-14-27-24(15-20)31-18-19-5-2-1-3-6-19/h1-16H,17-18H2,(H2,28,29,30). The molecule has 0 bridgehead atoms. The Hall–Kier alpha value is -4.39. The summed E-state index contributed by atoms with van der Waals surface area (Å²) >= 11 is 0. The van der Waals surface area contributed by atoms with Crippen molar-refractivity contribution in [1.82, 2.24) is 15.3 Å². The Balaban J connectivity index is 1.28. The molecule has 0 saturated heterocycles. The van der Waals surface area contributed by atoms with Gasteiger partial charge in [-0.15, -0.1) is 0 Å². The fourth-order valence-electron chi connectivity index (χ4n) is 2.91. The molecular weight excluding hydrogens is 404 g/mol. The van der Waals surface area contributed by atoms with Crippen LogP contribution in [0.1, 0.15) is 11.1 Å². The van der Waals surface area contributed by atoms with E-state index < -0.39 is 0 Å². The van der Waals surface area contributed by atoms with Crippen molar-refractivity contribution in [3.63, 3.8) is 0 Å². The second-order valence-electron chi connectivity index (χ2n) is 6.90. The minimum atomic E-state index is -0.324. The summed E-state index contributed by atoms with van der Waals surface area (Å²) in [6.45, 7) is 0.770. The van der Waals surface area contributed by atoms with Crippen molar-refractivity contribution in [3.8, 4) is 17.4 Å². The first-order valence-corrected chi connectivity index (χ1v) is 10.1. The molecule has 4 rings (SSSR count). The van der Waals surface area contributed by atoms with Crippen LogP contribution in [-0.4, -0.2) is 16.0 Å². The number of rotatable bonds is 8. The van der Waals surface area contributed by atoms with Gasteiger partial charge in [-0.25, -0.2) is 9.78 Å².